The van der Waals surface area contributed by atoms with Crippen LogP contribution in [0.4, 0.5) is 5.82 Å². The van der Waals surface area contributed by atoms with Crippen molar-refractivity contribution in [2.24, 2.45) is 5.92 Å². The number of rotatable bonds is 6. The summed E-state index contributed by atoms with van der Waals surface area (Å²) in [6, 6.07) is 1.40. The van der Waals surface area contributed by atoms with E-state index < -0.39 is 10.0 Å². The minimum Gasteiger partial charge on any atom is -0.381 e. The van der Waals surface area contributed by atoms with E-state index in [4.69, 9.17) is 16.3 Å². The van der Waals surface area contributed by atoms with Crippen molar-refractivity contribution >= 4 is 27.4 Å². The molecule has 1 aliphatic heterocycles. The summed E-state index contributed by atoms with van der Waals surface area (Å²) in [6.07, 6.45) is 2.18. The first kappa shape index (κ1) is 15.5. The predicted octanol–water partition coefficient (Wildman–Crippen LogP) is 1.48. The molecule has 0 radical (unpaired) electrons. The lowest BCUT2D eigenvalue weighted by molar-refractivity contribution is 0.186. The van der Waals surface area contributed by atoms with Crippen LogP contribution in [0.1, 0.15) is 13.3 Å². The molecule has 112 valence electrons. The predicted molar refractivity (Wildman–Crippen MR) is 77.5 cm³/mol. The van der Waals surface area contributed by atoms with Crippen LogP contribution in [0.25, 0.3) is 0 Å². The van der Waals surface area contributed by atoms with Crippen molar-refractivity contribution in [1.82, 2.24) is 9.71 Å². The fourth-order valence-electron chi connectivity index (χ4n) is 1.92. The van der Waals surface area contributed by atoms with Gasteiger partial charge in [0.15, 0.2) is 0 Å². The van der Waals surface area contributed by atoms with Gasteiger partial charge < -0.3 is 10.1 Å². The molecule has 2 rings (SSSR count). The molecule has 6 nitrogen and oxygen atoms in total. The number of halogens is 1. The summed E-state index contributed by atoms with van der Waals surface area (Å²) in [4.78, 5) is 4.10. The van der Waals surface area contributed by atoms with Gasteiger partial charge in [0.1, 0.15) is 10.7 Å². The third kappa shape index (κ3) is 3.82. The average molecular weight is 320 g/mol. The van der Waals surface area contributed by atoms with E-state index in [0.29, 0.717) is 37.1 Å². The molecule has 0 bridgehead atoms. The Bertz CT molecular complexity index is 559. The van der Waals surface area contributed by atoms with E-state index >= 15 is 0 Å². The van der Waals surface area contributed by atoms with Crippen molar-refractivity contribution in [1.29, 1.82) is 0 Å². The second-order valence-electron chi connectivity index (χ2n) is 4.61. The van der Waals surface area contributed by atoms with E-state index in [-0.39, 0.29) is 10.8 Å². The number of aromatic nitrogens is 1. The number of ether oxygens (including phenoxy) is 1. The largest absolute Gasteiger partial charge is 0.381 e. The van der Waals surface area contributed by atoms with Crippen molar-refractivity contribution in [3.8, 4) is 0 Å². The number of pyridine rings is 1. The van der Waals surface area contributed by atoms with Crippen molar-refractivity contribution < 1.29 is 13.2 Å². The lowest BCUT2D eigenvalue weighted by Gasteiger charge is -2.11. The molecular weight excluding hydrogens is 302 g/mol. The highest BCUT2D eigenvalue weighted by atomic mass is 35.5. The summed E-state index contributed by atoms with van der Waals surface area (Å²) in [5.74, 6) is 0.714. The van der Waals surface area contributed by atoms with Crippen molar-refractivity contribution in [3.63, 3.8) is 0 Å². The number of anilines is 1. The SMILES string of the molecule is CCNc1ncc(S(=O)(=O)NCC2CCOC2)cc1Cl. The van der Waals surface area contributed by atoms with Gasteiger partial charge in [-0.2, -0.15) is 0 Å². The fraction of sp³-hybridized carbons (Fsp3) is 0.583. The van der Waals surface area contributed by atoms with Gasteiger partial charge in [0, 0.05) is 25.9 Å². The summed E-state index contributed by atoms with van der Waals surface area (Å²) >= 11 is 6.00. The van der Waals surface area contributed by atoms with Crippen LogP contribution in [-0.4, -0.2) is 39.7 Å². The standard InChI is InChI=1S/C12H18ClN3O3S/c1-2-14-12-11(13)5-10(7-15-12)20(17,18)16-6-9-3-4-19-8-9/h5,7,9,16H,2-4,6,8H2,1H3,(H,14,15). The third-order valence-electron chi connectivity index (χ3n) is 3.06. The molecule has 2 N–H and O–H groups in total. The zero-order chi connectivity index (χ0) is 14.6. The molecule has 1 atom stereocenters. The number of nitrogens with zero attached hydrogens (tertiary/aromatic N) is 1. The van der Waals surface area contributed by atoms with Crippen LogP contribution in [0.2, 0.25) is 5.02 Å². The summed E-state index contributed by atoms with van der Waals surface area (Å²) < 4.78 is 32.1. The Morgan fingerprint density at radius 2 is 2.35 bits per heavy atom. The van der Waals surface area contributed by atoms with E-state index in [9.17, 15) is 8.42 Å². The van der Waals surface area contributed by atoms with Gasteiger partial charge in [-0.15, -0.1) is 0 Å². The zero-order valence-electron chi connectivity index (χ0n) is 11.2. The Morgan fingerprint density at radius 3 is 2.95 bits per heavy atom. The van der Waals surface area contributed by atoms with Crippen molar-refractivity contribution in [2.45, 2.75) is 18.2 Å². The van der Waals surface area contributed by atoms with Crippen LogP contribution in [-0.2, 0) is 14.8 Å². The van der Waals surface area contributed by atoms with Gasteiger partial charge in [-0.05, 0) is 25.3 Å². The molecule has 1 aromatic heterocycles. The maximum Gasteiger partial charge on any atom is 0.242 e. The molecule has 20 heavy (non-hydrogen) atoms. The molecular formula is C12H18ClN3O3S. The zero-order valence-corrected chi connectivity index (χ0v) is 12.8. The van der Waals surface area contributed by atoms with Gasteiger partial charge in [0.2, 0.25) is 10.0 Å². The molecule has 1 saturated heterocycles. The van der Waals surface area contributed by atoms with E-state index in [0.717, 1.165) is 6.42 Å². The van der Waals surface area contributed by atoms with Crippen LogP contribution >= 0.6 is 11.6 Å². The Hall–Kier alpha value is -0.890. The summed E-state index contributed by atoms with van der Waals surface area (Å²) in [5.41, 5.74) is 0. The smallest absolute Gasteiger partial charge is 0.242 e. The second kappa shape index (κ2) is 6.71. The quantitative estimate of drug-likeness (QED) is 0.830. The first-order chi connectivity index (χ1) is 9.53. The molecule has 0 aromatic carbocycles. The van der Waals surface area contributed by atoms with E-state index in [2.05, 4.69) is 15.0 Å². The molecule has 0 aliphatic carbocycles. The van der Waals surface area contributed by atoms with Gasteiger partial charge >= 0.3 is 0 Å². The highest BCUT2D eigenvalue weighted by Crippen LogP contribution is 2.22. The van der Waals surface area contributed by atoms with Crippen LogP contribution in [0.15, 0.2) is 17.2 Å². The molecule has 1 unspecified atom stereocenters. The number of nitrogens with one attached hydrogen (secondary N) is 2. The van der Waals surface area contributed by atoms with E-state index in [1.54, 1.807) is 0 Å². The first-order valence-electron chi connectivity index (χ1n) is 6.49. The monoisotopic (exact) mass is 319 g/mol. The molecule has 1 aliphatic rings. The Balaban J connectivity index is 2.06. The molecule has 2 heterocycles. The lowest BCUT2D eigenvalue weighted by atomic mass is 10.1. The average Bonchev–Trinajstić information content (AvgIpc) is 2.92. The Kier molecular flexibility index (Phi) is 5.20. The molecule has 0 spiro atoms. The van der Waals surface area contributed by atoms with Crippen LogP contribution < -0.4 is 10.0 Å². The van der Waals surface area contributed by atoms with Gasteiger partial charge in [0.25, 0.3) is 0 Å². The van der Waals surface area contributed by atoms with Gasteiger partial charge in [-0.3, -0.25) is 0 Å². The van der Waals surface area contributed by atoms with Crippen LogP contribution in [0.5, 0.6) is 0 Å². The Morgan fingerprint density at radius 1 is 1.55 bits per heavy atom. The minimum absolute atomic E-state index is 0.0723. The van der Waals surface area contributed by atoms with Gasteiger partial charge in [-0.1, -0.05) is 11.6 Å². The van der Waals surface area contributed by atoms with Crippen molar-refractivity contribution in [3.05, 3.63) is 17.3 Å². The summed E-state index contributed by atoms with van der Waals surface area (Å²) in [5, 5.41) is 3.25. The maximum absolute atomic E-state index is 12.1. The van der Waals surface area contributed by atoms with Gasteiger partial charge in [-0.25, -0.2) is 18.1 Å². The topological polar surface area (TPSA) is 80.3 Å². The number of sulfonamides is 1. The second-order valence-corrected chi connectivity index (χ2v) is 6.79. The van der Waals surface area contributed by atoms with Gasteiger partial charge in [0.05, 0.1) is 11.6 Å². The number of hydrogen-bond acceptors (Lipinski definition) is 5. The normalized spacial score (nSPS) is 19.2. The maximum atomic E-state index is 12.1. The summed E-state index contributed by atoms with van der Waals surface area (Å²) in [7, 11) is -3.58. The van der Waals surface area contributed by atoms with Crippen LogP contribution in [0, 0.1) is 5.92 Å². The van der Waals surface area contributed by atoms with E-state index in [1.165, 1.54) is 12.3 Å². The molecule has 1 fully saturated rings. The first-order valence-corrected chi connectivity index (χ1v) is 8.36. The molecule has 1 aromatic rings. The minimum atomic E-state index is -3.58. The third-order valence-corrected chi connectivity index (χ3v) is 4.74. The lowest BCUT2D eigenvalue weighted by Crippen LogP contribution is -2.29. The summed E-state index contributed by atoms with van der Waals surface area (Å²) in [6.45, 7) is 4.24. The fourth-order valence-corrected chi connectivity index (χ4v) is 3.30. The molecule has 8 heteroatoms. The van der Waals surface area contributed by atoms with Crippen LogP contribution in [0.3, 0.4) is 0 Å². The highest BCUT2D eigenvalue weighted by molar-refractivity contribution is 7.89. The molecule has 0 amide bonds. The number of hydrogen-bond donors (Lipinski definition) is 2. The van der Waals surface area contributed by atoms with Crippen molar-refractivity contribution in [2.75, 3.05) is 31.6 Å². The highest BCUT2D eigenvalue weighted by Gasteiger charge is 2.21. The van der Waals surface area contributed by atoms with E-state index in [1.807, 2.05) is 6.92 Å². The Labute approximate surface area is 123 Å². The molecule has 0 saturated carbocycles.